The Bertz CT molecular complexity index is 377. The van der Waals surface area contributed by atoms with Crippen molar-refractivity contribution in [3.63, 3.8) is 0 Å². The first-order chi connectivity index (χ1) is 6.77. The number of aryl methyl sites for hydroxylation is 1. The van der Waals surface area contributed by atoms with E-state index in [0.717, 1.165) is 18.8 Å². The van der Waals surface area contributed by atoms with Crippen LogP contribution in [0.2, 0.25) is 0 Å². The summed E-state index contributed by atoms with van der Waals surface area (Å²) >= 11 is 0. The molecule has 0 aliphatic heterocycles. The third-order valence-corrected chi connectivity index (χ3v) is 3.64. The molecular weight excluding hydrogens is 172 g/mol. The lowest BCUT2D eigenvalue weighted by molar-refractivity contribution is 0.179. The molecule has 1 heteroatoms. The van der Waals surface area contributed by atoms with Crippen LogP contribution < -0.4 is 0 Å². The molecule has 0 radical (unpaired) electrons. The zero-order chi connectivity index (χ0) is 9.71. The Morgan fingerprint density at radius 3 is 2.71 bits per heavy atom. The molecule has 1 nitrogen and oxygen atoms in total. The van der Waals surface area contributed by atoms with Crippen LogP contribution in [-0.4, -0.2) is 5.11 Å². The molecular formula is C13H16O. The van der Waals surface area contributed by atoms with Gasteiger partial charge in [-0.05, 0) is 60.8 Å². The van der Waals surface area contributed by atoms with E-state index >= 15 is 0 Å². The molecule has 74 valence electrons. The minimum absolute atomic E-state index is 0.180. The molecule has 14 heavy (non-hydrogen) atoms. The molecule has 0 spiro atoms. The van der Waals surface area contributed by atoms with E-state index in [1.54, 1.807) is 0 Å². The lowest BCUT2D eigenvalue weighted by Crippen LogP contribution is -1.98. The molecule has 0 saturated heterocycles. The van der Waals surface area contributed by atoms with Gasteiger partial charge in [0.25, 0.3) is 0 Å². The van der Waals surface area contributed by atoms with Crippen LogP contribution in [0.5, 0.6) is 0 Å². The molecule has 2 aliphatic rings. The fraction of sp³-hybridized carbons (Fsp3) is 0.538. The second-order valence-electron chi connectivity index (χ2n) is 4.69. The minimum atomic E-state index is -0.180. The van der Waals surface area contributed by atoms with Crippen LogP contribution in [0, 0.1) is 6.92 Å². The van der Waals surface area contributed by atoms with Crippen molar-refractivity contribution >= 4 is 0 Å². The zero-order valence-corrected chi connectivity index (χ0v) is 8.59. The Labute approximate surface area is 84.8 Å². The summed E-state index contributed by atoms with van der Waals surface area (Å²) in [6, 6.07) is 4.46. The van der Waals surface area contributed by atoms with E-state index < -0.39 is 0 Å². The average Bonchev–Trinajstić information content (AvgIpc) is 2.93. The Balaban J connectivity index is 2.18. The molecule has 1 atom stereocenters. The summed E-state index contributed by atoms with van der Waals surface area (Å²) < 4.78 is 0. The smallest absolute Gasteiger partial charge is 0.0798 e. The third-order valence-electron chi connectivity index (χ3n) is 3.64. The Kier molecular flexibility index (Phi) is 1.72. The third kappa shape index (κ3) is 1.12. The summed E-state index contributed by atoms with van der Waals surface area (Å²) in [5.74, 6) is 0.761. The Hall–Kier alpha value is -0.820. The fourth-order valence-electron chi connectivity index (χ4n) is 2.69. The molecule has 0 amide bonds. The molecule has 1 saturated carbocycles. The van der Waals surface area contributed by atoms with Crippen molar-refractivity contribution in [3.05, 3.63) is 34.4 Å². The summed E-state index contributed by atoms with van der Waals surface area (Å²) in [5, 5.41) is 9.96. The summed E-state index contributed by atoms with van der Waals surface area (Å²) in [5.41, 5.74) is 5.52. The normalized spacial score (nSPS) is 25.1. The summed E-state index contributed by atoms with van der Waals surface area (Å²) in [6.45, 7) is 2.16. The first-order valence-corrected chi connectivity index (χ1v) is 5.57. The van der Waals surface area contributed by atoms with Crippen LogP contribution >= 0.6 is 0 Å². The number of fused-ring (bicyclic) bond motifs is 1. The van der Waals surface area contributed by atoms with Crippen molar-refractivity contribution in [2.24, 2.45) is 0 Å². The number of rotatable bonds is 1. The fourth-order valence-corrected chi connectivity index (χ4v) is 2.69. The molecule has 0 bridgehead atoms. The molecule has 1 aromatic rings. The highest BCUT2D eigenvalue weighted by Crippen LogP contribution is 2.47. The van der Waals surface area contributed by atoms with Gasteiger partial charge in [0.15, 0.2) is 0 Å². The maximum absolute atomic E-state index is 9.96. The molecule has 2 aliphatic carbocycles. The molecule has 1 aromatic carbocycles. The standard InChI is InChI=1S/C13H16O/c1-8-2-5-11(9-3-4-9)13-10(8)6-7-12(13)14/h2,5,9,12,14H,3-4,6-7H2,1H3. The second-order valence-corrected chi connectivity index (χ2v) is 4.69. The van der Waals surface area contributed by atoms with Gasteiger partial charge in [-0.1, -0.05) is 12.1 Å². The van der Waals surface area contributed by atoms with Crippen LogP contribution in [0.3, 0.4) is 0 Å². The van der Waals surface area contributed by atoms with Gasteiger partial charge >= 0.3 is 0 Å². The van der Waals surface area contributed by atoms with Crippen LogP contribution in [0.15, 0.2) is 12.1 Å². The predicted molar refractivity (Wildman–Crippen MR) is 56.4 cm³/mol. The van der Waals surface area contributed by atoms with Crippen LogP contribution in [0.25, 0.3) is 0 Å². The number of aliphatic hydroxyl groups excluding tert-OH is 1. The van der Waals surface area contributed by atoms with Gasteiger partial charge in [-0.25, -0.2) is 0 Å². The minimum Gasteiger partial charge on any atom is -0.388 e. The Morgan fingerprint density at radius 1 is 1.21 bits per heavy atom. The van der Waals surface area contributed by atoms with Gasteiger partial charge in [0.2, 0.25) is 0 Å². The molecule has 0 heterocycles. The van der Waals surface area contributed by atoms with E-state index in [-0.39, 0.29) is 6.10 Å². The van der Waals surface area contributed by atoms with Gasteiger partial charge in [0.05, 0.1) is 6.10 Å². The van der Waals surface area contributed by atoms with Gasteiger partial charge in [0.1, 0.15) is 0 Å². The van der Waals surface area contributed by atoms with Crippen molar-refractivity contribution in [1.82, 2.24) is 0 Å². The SMILES string of the molecule is Cc1ccc(C2CC2)c2c1CCC2O. The molecule has 3 rings (SSSR count). The largest absolute Gasteiger partial charge is 0.388 e. The highest BCUT2D eigenvalue weighted by molar-refractivity contribution is 5.47. The van der Waals surface area contributed by atoms with Gasteiger partial charge in [0, 0.05) is 0 Å². The molecule has 1 N–H and O–H groups in total. The zero-order valence-electron chi connectivity index (χ0n) is 8.59. The van der Waals surface area contributed by atoms with E-state index in [9.17, 15) is 5.11 Å². The van der Waals surface area contributed by atoms with Gasteiger partial charge in [-0.3, -0.25) is 0 Å². The number of hydrogen-bond acceptors (Lipinski definition) is 1. The summed E-state index contributed by atoms with van der Waals surface area (Å²) in [7, 11) is 0. The summed E-state index contributed by atoms with van der Waals surface area (Å²) in [6.07, 6.45) is 4.47. The average molecular weight is 188 g/mol. The Morgan fingerprint density at radius 2 is 2.00 bits per heavy atom. The van der Waals surface area contributed by atoms with Crippen molar-refractivity contribution in [2.75, 3.05) is 0 Å². The number of benzene rings is 1. The van der Waals surface area contributed by atoms with Crippen molar-refractivity contribution in [3.8, 4) is 0 Å². The van der Waals surface area contributed by atoms with Crippen molar-refractivity contribution in [1.29, 1.82) is 0 Å². The van der Waals surface area contributed by atoms with Crippen molar-refractivity contribution in [2.45, 2.75) is 44.6 Å². The molecule has 1 unspecified atom stereocenters. The molecule has 1 fully saturated rings. The van der Waals surface area contributed by atoms with E-state index in [1.165, 1.54) is 35.1 Å². The number of hydrogen-bond donors (Lipinski definition) is 1. The van der Waals surface area contributed by atoms with Gasteiger partial charge < -0.3 is 5.11 Å². The lowest BCUT2D eigenvalue weighted by atomic mass is 9.95. The first kappa shape index (κ1) is 8.49. The lowest BCUT2D eigenvalue weighted by Gasteiger charge is -2.12. The van der Waals surface area contributed by atoms with Gasteiger partial charge in [-0.15, -0.1) is 0 Å². The number of aliphatic hydroxyl groups is 1. The highest BCUT2D eigenvalue weighted by atomic mass is 16.3. The second kappa shape index (κ2) is 2.83. The van der Waals surface area contributed by atoms with Crippen molar-refractivity contribution < 1.29 is 5.11 Å². The topological polar surface area (TPSA) is 20.2 Å². The van der Waals surface area contributed by atoms with E-state index in [1.807, 2.05) is 0 Å². The monoisotopic (exact) mass is 188 g/mol. The quantitative estimate of drug-likeness (QED) is 0.718. The maximum atomic E-state index is 9.96. The van der Waals surface area contributed by atoms with Crippen LogP contribution in [-0.2, 0) is 6.42 Å². The van der Waals surface area contributed by atoms with E-state index in [0.29, 0.717) is 0 Å². The molecule has 0 aromatic heterocycles. The van der Waals surface area contributed by atoms with Crippen LogP contribution in [0.1, 0.15) is 53.5 Å². The predicted octanol–water partition coefficient (Wildman–Crippen LogP) is 2.85. The van der Waals surface area contributed by atoms with Gasteiger partial charge in [-0.2, -0.15) is 0 Å². The summed E-state index contributed by atoms with van der Waals surface area (Å²) in [4.78, 5) is 0. The van der Waals surface area contributed by atoms with E-state index in [4.69, 9.17) is 0 Å². The maximum Gasteiger partial charge on any atom is 0.0798 e. The van der Waals surface area contributed by atoms with E-state index in [2.05, 4.69) is 19.1 Å². The van der Waals surface area contributed by atoms with Crippen LogP contribution in [0.4, 0.5) is 0 Å². The highest BCUT2D eigenvalue weighted by Gasteiger charge is 2.32. The first-order valence-electron chi connectivity index (χ1n) is 5.57.